The van der Waals surface area contributed by atoms with E-state index in [9.17, 15) is 8.42 Å². The number of nitrogens with zero attached hydrogens (tertiary/aromatic N) is 1. The van der Waals surface area contributed by atoms with Gasteiger partial charge in [-0.2, -0.15) is 0 Å². The topological polar surface area (TPSA) is 74.8 Å². The van der Waals surface area contributed by atoms with E-state index < -0.39 is 9.84 Å². The molecule has 1 aromatic heterocycles. The Morgan fingerprint density at radius 1 is 1.35 bits per heavy atom. The normalized spacial score (nSPS) is 22.9. The third-order valence-electron chi connectivity index (χ3n) is 2.96. The summed E-state index contributed by atoms with van der Waals surface area (Å²) in [6, 6.07) is 7.69. The van der Waals surface area contributed by atoms with Crippen LogP contribution in [0.3, 0.4) is 0 Å². The lowest BCUT2D eigenvalue weighted by atomic mass is 10.3. The molecule has 90 valence electrons. The molecule has 5 nitrogen and oxygen atoms in total. The predicted molar refractivity (Wildman–Crippen MR) is 66.8 cm³/mol. The minimum atomic E-state index is -2.85. The summed E-state index contributed by atoms with van der Waals surface area (Å²) in [4.78, 5) is 7.50. The second-order valence-electron chi connectivity index (χ2n) is 4.35. The van der Waals surface area contributed by atoms with Crippen LogP contribution in [-0.4, -0.2) is 35.9 Å². The molecular weight excluding hydrogens is 238 g/mol. The number of para-hydroxylation sites is 2. The number of aromatic nitrogens is 2. The molecule has 1 fully saturated rings. The van der Waals surface area contributed by atoms with Gasteiger partial charge in [-0.1, -0.05) is 12.1 Å². The van der Waals surface area contributed by atoms with Crippen LogP contribution in [-0.2, 0) is 9.84 Å². The lowest BCUT2D eigenvalue weighted by molar-refractivity contribution is 0.602. The van der Waals surface area contributed by atoms with Gasteiger partial charge in [-0.15, -0.1) is 0 Å². The van der Waals surface area contributed by atoms with Gasteiger partial charge in [0.2, 0.25) is 5.95 Å². The Hall–Kier alpha value is -1.56. The summed E-state index contributed by atoms with van der Waals surface area (Å²) in [6.07, 6.45) is 0.652. The summed E-state index contributed by atoms with van der Waals surface area (Å²) in [5.41, 5.74) is 1.84. The first-order valence-corrected chi connectivity index (χ1v) is 7.36. The van der Waals surface area contributed by atoms with Crippen molar-refractivity contribution in [1.82, 2.24) is 9.97 Å². The fraction of sp³-hybridized carbons (Fsp3) is 0.364. The molecule has 0 radical (unpaired) electrons. The summed E-state index contributed by atoms with van der Waals surface area (Å²) in [6.45, 7) is 0. The van der Waals surface area contributed by atoms with Crippen molar-refractivity contribution in [3.63, 3.8) is 0 Å². The van der Waals surface area contributed by atoms with Gasteiger partial charge in [0.1, 0.15) is 0 Å². The van der Waals surface area contributed by atoms with E-state index >= 15 is 0 Å². The fourth-order valence-corrected chi connectivity index (χ4v) is 3.80. The highest BCUT2D eigenvalue weighted by molar-refractivity contribution is 7.91. The Bertz CT molecular complexity index is 615. The summed E-state index contributed by atoms with van der Waals surface area (Å²) in [5.74, 6) is 1.11. The Morgan fingerprint density at radius 2 is 2.18 bits per heavy atom. The summed E-state index contributed by atoms with van der Waals surface area (Å²) >= 11 is 0. The fourth-order valence-electron chi connectivity index (χ4n) is 2.12. The molecule has 2 heterocycles. The number of hydrogen-bond donors (Lipinski definition) is 2. The molecule has 6 heteroatoms. The largest absolute Gasteiger partial charge is 0.352 e. The van der Waals surface area contributed by atoms with E-state index in [-0.39, 0.29) is 17.5 Å². The molecule has 3 rings (SSSR count). The zero-order valence-corrected chi connectivity index (χ0v) is 10.00. The number of aromatic amines is 1. The van der Waals surface area contributed by atoms with Crippen molar-refractivity contribution < 1.29 is 8.42 Å². The quantitative estimate of drug-likeness (QED) is 0.840. The highest BCUT2D eigenvalue weighted by Crippen LogP contribution is 2.18. The Kier molecular flexibility index (Phi) is 2.32. The minimum absolute atomic E-state index is 0.0273. The van der Waals surface area contributed by atoms with Gasteiger partial charge >= 0.3 is 0 Å². The summed E-state index contributed by atoms with van der Waals surface area (Å²) < 4.78 is 22.7. The minimum Gasteiger partial charge on any atom is -0.352 e. The number of imidazole rings is 1. The summed E-state index contributed by atoms with van der Waals surface area (Å²) in [7, 11) is -2.85. The number of H-pyrrole nitrogens is 1. The van der Waals surface area contributed by atoms with Crippen molar-refractivity contribution in [1.29, 1.82) is 0 Å². The second kappa shape index (κ2) is 3.73. The van der Waals surface area contributed by atoms with Gasteiger partial charge < -0.3 is 10.3 Å². The Labute approximate surface area is 99.2 Å². The molecule has 1 aliphatic rings. The molecule has 2 N–H and O–H groups in total. The number of anilines is 1. The van der Waals surface area contributed by atoms with E-state index in [0.717, 1.165) is 11.0 Å². The van der Waals surface area contributed by atoms with Crippen LogP contribution in [0, 0.1) is 0 Å². The lowest BCUT2D eigenvalue weighted by Gasteiger charge is -2.08. The molecule has 0 amide bonds. The Morgan fingerprint density at radius 3 is 2.88 bits per heavy atom. The molecule has 1 saturated heterocycles. The van der Waals surface area contributed by atoms with Gasteiger partial charge in [-0.25, -0.2) is 13.4 Å². The van der Waals surface area contributed by atoms with Crippen LogP contribution in [0.2, 0.25) is 0 Å². The van der Waals surface area contributed by atoms with Gasteiger partial charge in [-0.05, 0) is 18.6 Å². The molecule has 0 aliphatic carbocycles. The van der Waals surface area contributed by atoms with Gasteiger partial charge in [0.25, 0.3) is 0 Å². The maximum absolute atomic E-state index is 11.3. The standard InChI is InChI=1S/C11H13N3O2S/c15-17(16)6-5-8(7-17)12-11-13-9-3-1-2-4-10(9)14-11/h1-4,8H,5-7H2,(H2,12,13,14). The van der Waals surface area contributed by atoms with E-state index in [2.05, 4.69) is 15.3 Å². The van der Waals surface area contributed by atoms with Crippen LogP contribution in [0.1, 0.15) is 6.42 Å². The summed E-state index contributed by atoms with van der Waals surface area (Å²) in [5, 5.41) is 3.14. The van der Waals surface area contributed by atoms with Crippen LogP contribution < -0.4 is 5.32 Å². The van der Waals surface area contributed by atoms with E-state index in [4.69, 9.17) is 0 Å². The smallest absolute Gasteiger partial charge is 0.201 e. The lowest BCUT2D eigenvalue weighted by Crippen LogP contribution is -2.21. The van der Waals surface area contributed by atoms with Crippen molar-refractivity contribution in [3.05, 3.63) is 24.3 Å². The molecule has 1 aliphatic heterocycles. The first kappa shape index (κ1) is 10.6. The number of benzene rings is 1. The second-order valence-corrected chi connectivity index (χ2v) is 6.58. The number of fused-ring (bicyclic) bond motifs is 1. The van der Waals surface area contributed by atoms with Crippen LogP contribution >= 0.6 is 0 Å². The molecule has 0 saturated carbocycles. The maximum atomic E-state index is 11.3. The average Bonchev–Trinajstić information content (AvgIpc) is 2.81. The van der Waals surface area contributed by atoms with Crippen LogP contribution in [0.4, 0.5) is 5.95 Å². The third kappa shape index (κ3) is 2.12. The first-order chi connectivity index (χ1) is 8.12. The number of sulfone groups is 1. The molecule has 2 aromatic rings. The number of nitrogens with one attached hydrogen (secondary N) is 2. The molecular formula is C11H13N3O2S. The third-order valence-corrected chi connectivity index (χ3v) is 4.73. The first-order valence-electron chi connectivity index (χ1n) is 5.54. The molecule has 0 bridgehead atoms. The van der Waals surface area contributed by atoms with Gasteiger partial charge in [0.05, 0.1) is 22.5 Å². The molecule has 17 heavy (non-hydrogen) atoms. The van der Waals surface area contributed by atoms with Crippen molar-refractivity contribution in [3.8, 4) is 0 Å². The van der Waals surface area contributed by atoms with Crippen LogP contribution in [0.5, 0.6) is 0 Å². The van der Waals surface area contributed by atoms with Crippen molar-refractivity contribution >= 4 is 26.8 Å². The van der Waals surface area contributed by atoms with E-state index in [1.54, 1.807) is 0 Å². The van der Waals surface area contributed by atoms with E-state index in [1.807, 2.05) is 24.3 Å². The number of rotatable bonds is 2. The molecule has 1 aromatic carbocycles. The van der Waals surface area contributed by atoms with Crippen molar-refractivity contribution in [2.75, 3.05) is 16.8 Å². The SMILES string of the molecule is O=S1(=O)CCC(Nc2nc3ccccc3[nH]2)C1. The van der Waals surface area contributed by atoms with Crippen molar-refractivity contribution in [2.45, 2.75) is 12.5 Å². The molecule has 0 spiro atoms. The van der Waals surface area contributed by atoms with E-state index in [0.29, 0.717) is 12.4 Å². The van der Waals surface area contributed by atoms with Gasteiger partial charge in [0.15, 0.2) is 9.84 Å². The highest BCUT2D eigenvalue weighted by Gasteiger charge is 2.28. The number of hydrogen-bond acceptors (Lipinski definition) is 4. The Balaban J connectivity index is 1.81. The highest BCUT2D eigenvalue weighted by atomic mass is 32.2. The van der Waals surface area contributed by atoms with Gasteiger partial charge in [0, 0.05) is 6.04 Å². The zero-order valence-electron chi connectivity index (χ0n) is 9.18. The zero-order chi connectivity index (χ0) is 11.9. The van der Waals surface area contributed by atoms with Crippen LogP contribution in [0.25, 0.3) is 11.0 Å². The predicted octanol–water partition coefficient (Wildman–Crippen LogP) is 1.16. The molecule has 1 atom stereocenters. The van der Waals surface area contributed by atoms with E-state index in [1.165, 1.54) is 0 Å². The van der Waals surface area contributed by atoms with Gasteiger partial charge in [-0.3, -0.25) is 0 Å². The monoisotopic (exact) mass is 251 g/mol. The van der Waals surface area contributed by atoms with Crippen LogP contribution in [0.15, 0.2) is 24.3 Å². The maximum Gasteiger partial charge on any atom is 0.201 e. The average molecular weight is 251 g/mol. The van der Waals surface area contributed by atoms with Crippen molar-refractivity contribution in [2.24, 2.45) is 0 Å². The molecule has 1 unspecified atom stereocenters.